The van der Waals surface area contributed by atoms with Crippen LogP contribution in [0.1, 0.15) is 23.1 Å². The van der Waals surface area contributed by atoms with E-state index in [0.717, 1.165) is 5.56 Å². The van der Waals surface area contributed by atoms with Gasteiger partial charge in [0.1, 0.15) is 5.84 Å². The van der Waals surface area contributed by atoms with Gasteiger partial charge in [-0.15, -0.1) is 0 Å². The molecule has 0 saturated heterocycles. The number of fused-ring (bicyclic) bond motifs is 1. The molecule has 0 fully saturated rings. The van der Waals surface area contributed by atoms with E-state index in [4.69, 9.17) is 10.9 Å². The number of benzene rings is 1. The third-order valence-corrected chi connectivity index (χ3v) is 2.68. The maximum Gasteiger partial charge on any atom is 0.143 e. The Morgan fingerprint density at radius 2 is 2.14 bits per heavy atom. The molecule has 14 heavy (non-hydrogen) atoms. The Morgan fingerprint density at radius 3 is 2.93 bits per heavy atom. The van der Waals surface area contributed by atoms with E-state index >= 15 is 0 Å². The Morgan fingerprint density at radius 1 is 1.36 bits per heavy atom. The van der Waals surface area contributed by atoms with Crippen LogP contribution < -0.4 is 5.73 Å². The highest BCUT2D eigenvalue weighted by Crippen LogP contribution is 2.22. The number of hydrogen-bond acceptors (Lipinski definition) is 2. The maximum absolute atomic E-state index is 8.45. The molecule has 1 aromatic rings. The zero-order chi connectivity index (χ0) is 9.97. The molecule has 0 radical (unpaired) electrons. The number of nitrogens with two attached hydrogens (primary N) is 1. The maximum atomic E-state index is 8.45. The lowest BCUT2D eigenvalue weighted by molar-refractivity contribution is 0.317. The monoisotopic (exact) mass is 190 g/mol. The average molecular weight is 190 g/mol. The van der Waals surface area contributed by atoms with Crippen molar-refractivity contribution in [3.05, 3.63) is 34.9 Å². The lowest BCUT2D eigenvalue weighted by Crippen LogP contribution is -2.14. The SMILES string of the molecule is NC(Cc1ccc2c(c1)CCC2)=NO. The number of hydrogen-bond donors (Lipinski definition) is 2. The lowest BCUT2D eigenvalue weighted by atomic mass is 10.0. The third kappa shape index (κ3) is 1.71. The summed E-state index contributed by atoms with van der Waals surface area (Å²) in [4.78, 5) is 0. The van der Waals surface area contributed by atoms with Crippen molar-refractivity contribution in [2.75, 3.05) is 0 Å². The molecular weight excluding hydrogens is 176 g/mol. The molecule has 3 N–H and O–H groups in total. The number of amidine groups is 1. The van der Waals surface area contributed by atoms with Gasteiger partial charge in [0.05, 0.1) is 0 Å². The number of aryl methyl sites for hydroxylation is 2. The van der Waals surface area contributed by atoms with Crippen molar-refractivity contribution in [1.82, 2.24) is 0 Å². The summed E-state index contributed by atoms with van der Waals surface area (Å²) in [7, 11) is 0. The molecule has 0 unspecified atom stereocenters. The van der Waals surface area contributed by atoms with Crippen LogP contribution in [0.2, 0.25) is 0 Å². The van der Waals surface area contributed by atoms with Crippen molar-refractivity contribution in [2.45, 2.75) is 25.7 Å². The number of rotatable bonds is 2. The lowest BCUT2D eigenvalue weighted by Gasteiger charge is -2.03. The molecule has 2 rings (SSSR count). The normalized spacial score (nSPS) is 15.6. The van der Waals surface area contributed by atoms with Gasteiger partial charge in [-0.2, -0.15) is 0 Å². The van der Waals surface area contributed by atoms with Gasteiger partial charge in [0.2, 0.25) is 0 Å². The molecule has 0 aromatic heterocycles. The van der Waals surface area contributed by atoms with E-state index in [9.17, 15) is 0 Å². The molecule has 0 bridgehead atoms. The molecule has 1 aliphatic rings. The summed E-state index contributed by atoms with van der Waals surface area (Å²) in [6, 6.07) is 6.38. The summed E-state index contributed by atoms with van der Waals surface area (Å²) in [6.07, 6.45) is 4.14. The summed E-state index contributed by atoms with van der Waals surface area (Å²) in [5.41, 5.74) is 9.45. The van der Waals surface area contributed by atoms with E-state index in [1.807, 2.05) is 0 Å². The van der Waals surface area contributed by atoms with Crippen molar-refractivity contribution in [3.8, 4) is 0 Å². The van der Waals surface area contributed by atoms with Crippen molar-refractivity contribution in [2.24, 2.45) is 10.9 Å². The van der Waals surface area contributed by atoms with Gasteiger partial charge in [0.25, 0.3) is 0 Å². The molecule has 0 saturated carbocycles. The van der Waals surface area contributed by atoms with Gasteiger partial charge in [-0.1, -0.05) is 23.4 Å². The predicted octanol–water partition coefficient (Wildman–Crippen LogP) is 1.46. The van der Waals surface area contributed by atoms with E-state index in [1.54, 1.807) is 0 Å². The van der Waals surface area contributed by atoms with Crippen LogP contribution in [0.15, 0.2) is 23.4 Å². The van der Waals surface area contributed by atoms with Crippen LogP contribution in [-0.2, 0) is 19.3 Å². The topological polar surface area (TPSA) is 58.6 Å². The van der Waals surface area contributed by atoms with Gasteiger partial charge < -0.3 is 10.9 Å². The van der Waals surface area contributed by atoms with Crippen molar-refractivity contribution < 1.29 is 5.21 Å². The highest BCUT2D eigenvalue weighted by Gasteiger charge is 2.10. The second-order valence-electron chi connectivity index (χ2n) is 3.72. The first kappa shape index (κ1) is 9.06. The Bertz CT molecular complexity index is 372. The third-order valence-electron chi connectivity index (χ3n) is 2.68. The van der Waals surface area contributed by atoms with Crippen LogP contribution in [-0.4, -0.2) is 11.0 Å². The van der Waals surface area contributed by atoms with Crippen molar-refractivity contribution in [3.63, 3.8) is 0 Å². The highest BCUT2D eigenvalue weighted by atomic mass is 16.4. The van der Waals surface area contributed by atoms with Gasteiger partial charge >= 0.3 is 0 Å². The van der Waals surface area contributed by atoms with Gasteiger partial charge in [-0.25, -0.2) is 0 Å². The fourth-order valence-electron chi connectivity index (χ4n) is 1.98. The summed E-state index contributed by atoms with van der Waals surface area (Å²) in [6.45, 7) is 0. The minimum atomic E-state index is 0.267. The van der Waals surface area contributed by atoms with E-state index in [0.29, 0.717) is 6.42 Å². The minimum Gasteiger partial charge on any atom is -0.409 e. The smallest absolute Gasteiger partial charge is 0.143 e. The molecule has 3 nitrogen and oxygen atoms in total. The molecule has 0 heterocycles. The molecule has 3 heteroatoms. The van der Waals surface area contributed by atoms with Crippen LogP contribution in [0.3, 0.4) is 0 Å². The van der Waals surface area contributed by atoms with Crippen molar-refractivity contribution in [1.29, 1.82) is 0 Å². The summed E-state index contributed by atoms with van der Waals surface area (Å²) in [5, 5.41) is 11.4. The largest absolute Gasteiger partial charge is 0.409 e. The second-order valence-corrected chi connectivity index (χ2v) is 3.72. The Labute approximate surface area is 83.2 Å². The first-order valence-corrected chi connectivity index (χ1v) is 4.86. The minimum absolute atomic E-state index is 0.267. The first-order chi connectivity index (χ1) is 6.79. The van der Waals surface area contributed by atoms with Crippen molar-refractivity contribution >= 4 is 5.84 Å². The molecule has 0 spiro atoms. The molecule has 1 aromatic carbocycles. The highest BCUT2D eigenvalue weighted by molar-refractivity contribution is 5.82. The van der Waals surface area contributed by atoms with Gasteiger partial charge in [-0.3, -0.25) is 0 Å². The fourth-order valence-corrected chi connectivity index (χ4v) is 1.98. The van der Waals surface area contributed by atoms with E-state index in [-0.39, 0.29) is 5.84 Å². The Balaban J connectivity index is 2.21. The molecule has 0 atom stereocenters. The quantitative estimate of drug-likeness (QED) is 0.321. The summed E-state index contributed by atoms with van der Waals surface area (Å²) < 4.78 is 0. The molecular formula is C11H14N2O. The van der Waals surface area contributed by atoms with E-state index in [2.05, 4.69) is 23.4 Å². The van der Waals surface area contributed by atoms with Crippen LogP contribution in [0.4, 0.5) is 0 Å². The van der Waals surface area contributed by atoms with Crippen LogP contribution in [0.25, 0.3) is 0 Å². The Hall–Kier alpha value is -1.51. The summed E-state index contributed by atoms with van der Waals surface area (Å²) >= 11 is 0. The second kappa shape index (κ2) is 3.70. The molecule has 0 amide bonds. The zero-order valence-electron chi connectivity index (χ0n) is 8.03. The number of oxime groups is 1. The molecule has 0 aliphatic heterocycles. The fraction of sp³-hybridized carbons (Fsp3) is 0.364. The first-order valence-electron chi connectivity index (χ1n) is 4.86. The number of nitrogens with zero attached hydrogens (tertiary/aromatic N) is 1. The average Bonchev–Trinajstić information content (AvgIpc) is 2.64. The van der Waals surface area contributed by atoms with E-state index in [1.165, 1.54) is 30.4 Å². The van der Waals surface area contributed by atoms with Gasteiger partial charge in [0, 0.05) is 6.42 Å². The summed E-state index contributed by atoms with van der Waals surface area (Å²) in [5.74, 6) is 0.267. The van der Waals surface area contributed by atoms with Crippen LogP contribution in [0.5, 0.6) is 0 Å². The molecule has 1 aliphatic carbocycles. The van der Waals surface area contributed by atoms with Gasteiger partial charge in [0.15, 0.2) is 0 Å². The van der Waals surface area contributed by atoms with E-state index < -0.39 is 0 Å². The van der Waals surface area contributed by atoms with Crippen LogP contribution >= 0.6 is 0 Å². The van der Waals surface area contributed by atoms with Crippen LogP contribution in [0, 0.1) is 0 Å². The predicted molar refractivity (Wildman–Crippen MR) is 55.6 cm³/mol. The molecule has 74 valence electrons. The van der Waals surface area contributed by atoms with Gasteiger partial charge in [-0.05, 0) is 36.0 Å². The standard InChI is InChI=1S/C11H14N2O/c12-11(13-14)7-8-4-5-9-2-1-3-10(9)6-8/h4-6,14H,1-3,7H2,(H2,12,13). The Kier molecular flexibility index (Phi) is 2.39. The zero-order valence-corrected chi connectivity index (χ0v) is 8.03.